The highest BCUT2D eigenvalue weighted by molar-refractivity contribution is 7.92. The van der Waals surface area contributed by atoms with Gasteiger partial charge in [-0.05, 0) is 75.2 Å². The molecule has 1 atom stereocenters. The summed E-state index contributed by atoms with van der Waals surface area (Å²) < 4.78 is 47.0. The molecule has 2 aromatic carbocycles. The standard InChI is InChI=1S/C29H35FN4O4S/c1-21-19-33(15-16-34(21)28(35)38-29(2,3)4)20-23-7-11-25(12-8-23)32-39(36,37)27-14-13-26(31-18-27)17-22-5-9-24(30)10-6-22/h5-14,18,21,32H,15-17,19-20H2,1-4H3/t21-/m0/s1. The quantitative estimate of drug-likeness (QED) is 0.439. The number of carbonyl (C=O) groups is 1. The molecule has 1 aliphatic heterocycles. The predicted molar refractivity (Wildman–Crippen MR) is 148 cm³/mol. The van der Waals surface area contributed by atoms with Gasteiger partial charge in [-0.3, -0.25) is 14.6 Å². The Kier molecular flexibility index (Phi) is 8.56. The van der Waals surface area contributed by atoms with E-state index in [1.807, 2.05) is 39.8 Å². The van der Waals surface area contributed by atoms with Crippen LogP contribution in [0.2, 0.25) is 0 Å². The van der Waals surface area contributed by atoms with Crippen molar-refractivity contribution in [3.63, 3.8) is 0 Å². The second-order valence-electron chi connectivity index (χ2n) is 10.8. The van der Waals surface area contributed by atoms with Crippen molar-refractivity contribution in [3.05, 3.63) is 89.5 Å². The molecule has 0 aliphatic carbocycles. The second-order valence-corrected chi connectivity index (χ2v) is 12.5. The number of hydrogen-bond donors (Lipinski definition) is 1. The zero-order chi connectivity index (χ0) is 28.2. The molecule has 208 valence electrons. The lowest BCUT2D eigenvalue weighted by molar-refractivity contribution is 0.000556. The number of aromatic nitrogens is 1. The van der Waals surface area contributed by atoms with Gasteiger partial charge in [0.1, 0.15) is 16.3 Å². The van der Waals surface area contributed by atoms with Crippen molar-refractivity contribution in [2.45, 2.75) is 57.2 Å². The maximum atomic E-state index is 13.1. The molecule has 8 nitrogen and oxygen atoms in total. The van der Waals surface area contributed by atoms with Gasteiger partial charge >= 0.3 is 6.09 Å². The summed E-state index contributed by atoms with van der Waals surface area (Å²) in [6.07, 6.45) is 1.52. The van der Waals surface area contributed by atoms with Crippen LogP contribution in [0.15, 0.2) is 71.8 Å². The number of halogens is 1. The summed E-state index contributed by atoms with van der Waals surface area (Å²) >= 11 is 0. The molecule has 1 fully saturated rings. The van der Waals surface area contributed by atoms with E-state index in [2.05, 4.69) is 14.6 Å². The van der Waals surface area contributed by atoms with Crippen LogP contribution >= 0.6 is 0 Å². The number of piperazine rings is 1. The van der Waals surface area contributed by atoms with Gasteiger partial charge in [-0.25, -0.2) is 17.6 Å². The Labute approximate surface area is 229 Å². The minimum absolute atomic E-state index is 0.0235. The molecule has 4 rings (SSSR count). The number of pyridine rings is 1. The molecule has 0 spiro atoms. The average molecular weight is 555 g/mol. The topological polar surface area (TPSA) is 91.8 Å². The van der Waals surface area contributed by atoms with Crippen molar-refractivity contribution in [1.82, 2.24) is 14.8 Å². The Hall–Kier alpha value is -3.50. The van der Waals surface area contributed by atoms with E-state index in [1.165, 1.54) is 24.4 Å². The van der Waals surface area contributed by atoms with Crippen LogP contribution in [0.5, 0.6) is 0 Å². The number of rotatable bonds is 7. The number of hydrogen-bond acceptors (Lipinski definition) is 6. The molecule has 1 N–H and O–H groups in total. The van der Waals surface area contributed by atoms with E-state index < -0.39 is 15.6 Å². The van der Waals surface area contributed by atoms with Crippen LogP contribution in [-0.2, 0) is 27.7 Å². The molecule has 0 radical (unpaired) electrons. The minimum Gasteiger partial charge on any atom is -0.444 e. The Morgan fingerprint density at radius 3 is 2.28 bits per heavy atom. The summed E-state index contributed by atoms with van der Waals surface area (Å²) in [5, 5.41) is 0. The highest BCUT2D eigenvalue weighted by Gasteiger charge is 2.30. The van der Waals surface area contributed by atoms with Gasteiger partial charge in [0.15, 0.2) is 0 Å². The first kappa shape index (κ1) is 28.5. The maximum Gasteiger partial charge on any atom is 0.410 e. The first-order valence-corrected chi connectivity index (χ1v) is 14.4. The van der Waals surface area contributed by atoms with E-state index in [9.17, 15) is 17.6 Å². The lowest BCUT2D eigenvalue weighted by Crippen LogP contribution is -2.54. The fourth-order valence-electron chi connectivity index (χ4n) is 4.40. The molecule has 1 saturated heterocycles. The van der Waals surface area contributed by atoms with Gasteiger partial charge in [-0.1, -0.05) is 24.3 Å². The molecule has 39 heavy (non-hydrogen) atoms. The number of carbonyl (C=O) groups excluding carboxylic acids is 1. The molecule has 1 aromatic heterocycles. The fourth-order valence-corrected chi connectivity index (χ4v) is 5.41. The lowest BCUT2D eigenvalue weighted by atomic mass is 10.1. The minimum atomic E-state index is -3.81. The first-order valence-electron chi connectivity index (χ1n) is 12.9. The van der Waals surface area contributed by atoms with E-state index in [0.717, 1.165) is 24.2 Å². The lowest BCUT2D eigenvalue weighted by Gasteiger charge is -2.40. The van der Waals surface area contributed by atoms with E-state index >= 15 is 0 Å². The molecule has 0 saturated carbocycles. The largest absolute Gasteiger partial charge is 0.444 e. The highest BCUT2D eigenvalue weighted by atomic mass is 32.2. The summed E-state index contributed by atoms with van der Waals surface area (Å²) in [7, 11) is -3.81. The third-order valence-electron chi connectivity index (χ3n) is 6.36. The Morgan fingerprint density at radius 1 is 1.03 bits per heavy atom. The van der Waals surface area contributed by atoms with Gasteiger partial charge in [-0.2, -0.15) is 0 Å². The van der Waals surface area contributed by atoms with Crippen molar-refractivity contribution in [3.8, 4) is 0 Å². The Morgan fingerprint density at radius 2 is 1.69 bits per heavy atom. The number of ether oxygens (including phenoxy) is 1. The summed E-state index contributed by atoms with van der Waals surface area (Å²) in [6.45, 7) is 10.3. The Balaban J connectivity index is 1.31. The molecule has 3 aromatic rings. The summed E-state index contributed by atoms with van der Waals surface area (Å²) in [5.41, 5.74) is 2.55. The predicted octanol–water partition coefficient (Wildman–Crippen LogP) is 5.05. The normalized spacial score (nSPS) is 16.6. The van der Waals surface area contributed by atoms with Crippen LogP contribution in [0.25, 0.3) is 0 Å². The van der Waals surface area contributed by atoms with Crippen molar-refractivity contribution in [1.29, 1.82) is 0 Å². The maximum absolute atomic E-state index is 13.1. The molecule has 1 amide bonds. The molecular weight excluding hydrogens is 519 g/mol. The van der Waals surface area contributed by atoms with Crippen LogP contribution < -0.4 is 4.72 Å². The molecule has 0 bridgehead atoms. The summed E-state index contributed by atoms with van der Waals surface area (Å²) in [6, 6.07) is 16.6. The monoisotopic (exact) mass is 554 g/mol. The van der Waals surface area contributed by atoms with Gasteiger partial charge in [0.05, 0.1) is 0 Å². The van der Waals surface area contributed by atoms with Crippen molar-refractivity contribution in [2.24, 2.45) is 0 Å². The van der Waals surface area contributed by atoms with E-state index in [4.69, 9.17) is 4.74 Å². The number of amides is 1. The van der Waals surface area contributed by atoms with Crippen LogP contribution in [0.3, 0.4) is 0 Å². The van der Waals surface area contributed by atoms with Crippen molar-refractivity contribution >= 4 is 21.8 Å². The molecule has 1 aliphatic rings. The van der Waals surface area contributed by atoms with Gasteiger partial charge in [-0.15, -0.1) is 0 Å². The van der Waals surface area contributed by atoms with Crippen LogP contribution in [0.1, 0.15) is 44.5 Å². The van der Waals surface area contributed by atoms with E-state index in [0.29, 0.717) is 30.9 Å². The first-order chi connectivity index (χ1) is 18.4. The number of benzene rings is 2. The average Bonchev–Trinajstić information content (AvgIpc) is 2.86. The third-order valence-corrected chi connectivity index (χ3v) is 7.72. The number of anilines is 1. The van der Waals surface area contributed by atoms with E-state index in [-0.39, 0.29) is 22.8 Å². The van der Waals surface area contributed by atoms with Crippen LogP contribution in [-0.4, -0.2) is 60.6 Å². The second kappa shape index (κ2) is 11.7. The van der Waals surface area contributed by atoms with Gasteiger partial charge in [0.25, 0.3) is 10.0 Å². The van der Waals surface area contributed by atoms with Crippen LogP contribution in [0.4, 0.5) is 14.9 Å². The fraction of sp³-hybridized carbons (Fsp3) is 0.379. The summed E-state index contributed by atoms with van der Waals surface area (Å²) in [5.74, 6) is -0.306. The smallest absolute Gasteiger partial charge is 0.410 e. The highest BCUT2D eigenvalue weighted by Crippen LogP contribution is 2.20. The van der Waals surface area contributed by atoms with Crippen molar-refractivity contribution in [2.75, 3.05) is 24.4 Å². The number of nitrogens with one attached hydrogen (secondary N) is 1. The number of nitrogens with zero attached hydrogens (tertiary/aromatic N) is 3. The number of sulfonamides is 1. The zero-order valence-corrected chi connectivity index (χ0v) is 23.5. The molecular formula is C29H35FN4O4S. The third kappa shape index (κ3) is 8.00. The van der Waals surface area contributed by atoms with Gasteiger partial charge in [0, 0.05) is 56.2 Å². The van der Waals surface area contributed by atoms with Crippen molar-refractivity contribution < 1.29 is 22.3 Å². The van der Waals surface area contributed by atoms with E-state index in [1.54, 1.807) is 35.2 Å². The van der Waals surface area contributed by atoms with Gasteiger partial charge in [0.2, 0.25) is 0 Å². The SMILES string of the molecule is C[C@H]1CN(Cc2ccc(NS(=O)(=O)c3ccc(Cc4ccc(F)cc4)nc3)cc2)CCN1C(=O)OC(C)(C)C. The summed E-state index contributed by atoms with van der Waals surface area (Å²) in [4.78, 5) is 20.8. The van der Waals surface area contributed by atoms with Gasteiger partial charge < -0.3 is 9.64 Å². The zero-order valence-electron chi connectivity index (χ0n) is 22.7. The molecule has 10 heteroatoms. The molecule has 2 heterocycles. The Bertz CT molecular complexity index is 1370. The van der Waals surface area contributed by atoms with Crippen LogP contribution in [0, 0.1) is 5.82 Å². The molecule has 0 unspecified atom stereocenters.